The summed E-state index contributed by atoms with van der Waals surface area (Å²) in [4.78, 5) is 28.8. The Hall–Kier alpha value is -1.99. The number of halogens is 3. The maximum absolute atomic E-state index is 12.5. The van der Waals surface area contributed by atoms with Crippen LogP contribution < -0.4 is 5.69 Å². The van der Waals surface area contributed by atoms with Gasteiger partial charge in [-0.15, -0.1) is 12.4 Å². The number of nitrogens with one attached hydrogen (secondary N) is 1. The topological polar surface area (TPSA) is 78.3 Å². The fourth-order valence-electron chi connectivity index (χ4n) is 3.67. The third-order valence-electron chi connectivity index (χ3n) is 4.99. The van der Waals surface area contributed by atoms with E-state index in [0.29, 0.717) is 34.2 Å². The van der Waals surface area contributed by atoms with Gasteiger partial charge in [0, 0.05) is 29.7 Å². The first-order chi connectivity index (χ1) is 12.9. The zero-order chi connectivity index (χ0) is 19.1. The SMILES string of the molecule is Cl.O=C(O)c1ccc2[nH]c(=O)n([C@H]3CCN(Cc4ccc(Cl)cc4Cl)C3)c2c1. The molecule has 0 amide bonds. The molecular weight excluding hydrogens is 425 g/mol. The van der Waals surface area contributed by atoms with Gasteiger partial charge in [-0.3, -0.25) is 9.47 Å². The number of fused-ring (bicyclic) bond motifs is 1. The quantitative estimate of drug-likeness (QED) is 0.634. The minimum atomic E-state index is -1.01. The first-order valence-corrected chi connectivity index (χ1v) is 9.32. The molecule has 9 heteroatoms. The zero-order valence-corrected chi connectivity index (χ0v) is 17.0. The molecular formula is C19H18Cl3N3O3. The molecule has 0 radical (unpaired) electrons. The zero-order valence-electron chi connectivity index (χ0n) is 14.7. The van der Waals surface area contributed by atoms with E-state index in [-0.39, 0.29) is 29.7 Å². The Balaban J connectivity index is 0.00000225. The molecule has 2 aromatic carbocycles. The minimum absolute atomic E-state index is 0. The molecule has 1 saturated heterocycles. The van der Waals surface area contributed by atoms with Crippen LogP contribution in [0, 0.1) is 0 Å². The summed E-state index contributed by atoms with van der Waals surface area (Å²) in [7, 11) is 0. The standard InChI is InChI=1S/C19H17Cl2N3O3.ClH/c20-13-3-1-12(15(21)8-13)9-23-6-5-14(10-23)24-17-7-11(18(25)26)2-4-16(17)22-19(24)27;/h1-4,7-8,14H,5-6,9-10H2,(H,22,27)(H,25,26);1H/t14-;/m0./s1. The Morgan fingerprint density at radius 1 is 1.21 bits per heavy atom. The van der Waals surface area contributed by atoms with Crippen molar-refractivity contribution in [3.05, 3.63) is 68.1 Å². The second-order valence-corrected chi connectivity index (χ2v) is 7.59. The van der Waals surface area contributed by atoms with Crippen LogP contribution in [0.1, 0.15) is 28.4 Å². The van der Waals surface area contributed by atoms with Gasteiger partial charge < -0.3 is 10.1 Å². The molecule has 0 unspecified atom stereocenters. The average Bonchev–Trinajstić information content (AvgIpc) is 3.19. The van der Waals surface area contributed by atoms with E-state index in [1.807, 2.05) is 12.1 Å². The number of hydrogen-bond donors (Lipinski definition) is 2. The molecule has 0 bridgehead atoms. The van der Waals surface area contributed by atoms with Crippen molar-refractivity contribution in [1.82, 2.24) is 14.5 Å². The van der Waals surface area contributed by atoms with Crippen LogP contribution in [0.3, 0.4) is 0 Å². The van der Waals surface area contributed by atoms with Crippen LogP contribution >= 0.6 is 35.6 Å². The molecule has 1 fully saturated rings. The number of aromatic amines is 1. The van der Waals surface area contributed by atoms with Crippen LogP contribution in [-0.2, 0) is 6.54 Å². The van der Waals surface area contributed by atoms with E-state index in [1.54, 1.807) is 22.8 Å². The predicted octanol–water partition coefficient (Wildman–Crippen LogP) is 4.20. The summed E-state index contributed by atoms with van der Waals surface area (Å²) in [6.07, 6.45) is 0.801. The van der Waals surface area contributed by atoms with E-state index in [0.717, 1.165) is 18.5 Å². The summed E-state index contributed by atoms with van der Waals surface area (Å²) in [5.41, 5.74) is 2.20. The van der Waals surface area contributed by atoms with Gasteiger partial charge in [-0.25, -0.2) is 9.59 Å². The van der Waals surface area contributed by atoms with Gasteiger partial charge in [-0.05, 0) is 42.3 Å². The summed E-state index contributed by atoms with van der Waals surface area (Å²) in [5, 5.41) is 10.5. The van der Waals surface area contributed by atoms with E-state index in [9.17, 15) is 14.7 Å². The lowest BCUT2D eigenvalue weighted by molar-refractivity contribution is 0.0697. The fraction of sp³-hybridized carbons (Fsp3) is 0.263. The molecule has 6 nitrogen and oxygen atoms in total. The van der Waals surface area contributed by atoms with Crippen LogP contribution in [0.4, 0.5) is 0 Å². The molecule has 2 heterocycles. The van der Waals surface area contributed by atoms with Gasteiger partial charge in [-0.2, -0.15) is 0 Å². The first-order valence-electron chi connectivity index (χ1n) is 8.56. The van der Waals surface area contributed by atoms with Gasteiger partial charge in [0.05, 0.1) is 22.6 Å². The average molecular weight is 443 g/mol. The third-order valence-corrected chi connectivity index (χ3v) is 5.57. The van der Waals surface area contributed by atoms with Crippen LogP contribution in [0.25, 0.3) is 11.0 Å². The van der Waals surface area contributed by atoms with Crippen molar-refractivity contribution >= 4 is 52.6 Å². The Morgan fingerprint density at radius 3 is 2.71 bits per heavy atom. The van der Waals surface area contributed by atoms with Gasteiger partial charge in [0.1, 0.15) is 0 Å². The molecule has 1 aliphatic rings. The normalized spacial score (nSPS) is 17.0. The number of aromatic carboxylic acids is 1. The number of hydrogen-bond acceptors (Lipinski definition) is 3. The molecule has 148 valence electrons. The monoisotopic (exact) mass is 441 g/mol. The van der Waals surface area contributed by atoms with Gasteiger partial charge >= 0.3 is 11.7 Å². The van der Waals surface area contributed by atoms with Crippen LogP contribution in [0.2, 0.25) is 10.0 Å². The molecule has 2 N–H and O–H groups in total. The van der Waals surface area contributed by atoms with Crippen molar-refractivity contribution in [3.8, 4) is 0 Å². The molecule has 0 aliphatic carbocycles. The van der Waals surface area contributed by atoms with E-state index in [1.165, 1.54) is 6.07 Å². The number of aromatic nitrogens is 2. The fourth-order valence-corrected chi connectivity index (χ4v) is 4.14. The number of nitrogens with zero attached hydrogens (tertiary/aromatic N) is 2. The summed E-state index contributed by atoms with van der Waals surface area (Å²) < 4.78 is 1.67. The highest BCUT2D eigenvalue weighted by molar-refractivity contribution is 6.35. The van der Waals surface area contributed by atoms with Crippen molar-refractivity contribution in [3.63, 3.8) is 0 Å². The van der Waals surface area contributed by atoms with Crippen molar-refractivity contribution in [2.45, 2.75) is 19.0 Å². The van der Waals surface area contributed by atoms with Crippen molar-refractivity contribution < 1.29 is 9.90 Å². The van der Waals surface area contributed by atoms with Gasteiger partial charge in [0.15, 0.2) is 0 Å². The molecule has 28 heavy (non-hydrogen) atoms. The Labute approximate surface area is 177 Å². The lowest BCUT2D eigenvalue weighted by Crippen LogP contribution is -2.26. The maximum atomic E-state index is 12.5. The number of likely N-dealkylation sites (tertiary alicyclic amines) is 1. The molecule has 3 aromatic rings. The van der Waals surface area contributed by atoms with Crippen molar-refractivity contribution in [1.29, 1.82) is 0 Å². The molecule has 4 rings (SSSR count). The highest BCUT2D eigenvalue weighted by atomic mass is 35.5. The van der Waals surface area contributed by atoms with E-state index >= 15 is 0 Å². The summed E-state index contributed by atoms with van der Waals surface area (Å²) >= 11 is 12.2. The predicted molar refractivity (Wildman–Crippen MR) is 112 cm³/mol. The number of rotatable bonds is 4. The van der Waals surface area contributed by atoms with Gasteiger partial charge in [0.25, 0.3) is 0 Å². The number of carbonyl (C=O) groups is 1. The van der Waals surface area contributed by atoms with Crippen LogP contribution in [0.5, 0.6) is 0 Å². The second-order valence-electron chi connectivity index (χ2n) is 6.75. The summed E-state index contributed by atoms with van der Waals surface area (Å²) in [5.74, 6) is -1.01. The van der Waals surface area contributed by atoms with Crippen LogP contribution in [-0.4, -0.2) is 38.6 Å². The number of H-pyrrole nitrogens is 1. The Kier molecular flexibility index (Phi) is 6.05. The number of carboxylic acids is 1. The highest BCUT2D eigenvalue weighted by Crippen LogP contribution is 2.28. The largest absolute Gasteiger partial charge is 0.478 e. The molecule has 1 atom stereocenters. The molecule has 0 spiro atoms. The lowest BCUT2D eigenvalue weighted by atomic mass is 10.2. The second kappa shape index (κ2) is 8.17. The first kappa shape index (κ1) is 20.7. The Bertz CT molecular complexity index is 1090. The lowest BCUT2D eigenvalue weighted by Gasteiger charge is -2.17. The van der Waals surface area contributed by atoms with Gasteiger partial charge in [-0.1, -0.05) is 29.3 Å². The van der Waals surface area contributed by atoms with Crippen molar-refractivity contribution in [2.75, 3.05) is 13.1 Å². The van der Waals surface area contributed by atoms with Crippen molar-refractivity contribution in [2.24, 2.45) is 0 Å². The highest BCUT2D eigenvalue weighted by Gasteiger charge is 2.27. The number of imidazole rings is 1. The smallest absolute Gasteiger partial charge is 0.335 e. The van der Waals surface area contributed by atoms with Crippen LogP contribution in [0.15, 0.2) is 41.2 Å². The van der Waals surface area contributed by atoms with Gasteiger partial charge in [0.2, 0.25) is 0 Å². The summed E-state index contributed by atoms with van der Waals surface area (Å²) in [6.45, 7) is 2.18. The molecule has 1 aliphatic heterocycles. The Morgan fingerprint density at radius 2 is 2.00 bits per heavy atom. The number of carboxylic acid groups (broad SMARTS) is 1. The molecule has 0 saturated carbocycles. The third kappa shape index (κ3) is 3.91. The number of benzene rings is 2. The minimum Gasteiger partial charge on any atom is -0.478 e. The maximum Gasteiger partial charge on any atom is 0.335 e. The van der Waals surface area contributed by atoms with E-state index in [4.69, 9.17) is 23.2 Å². The van der Waals surface area contributed by atoms with E-state index < -0.39 is 5.97 Å². The summed E-state index contributed by atoms with van der Waals surface area (Å²) in [6, 6.07) is 10.1. The molecule has 1 aromatic heterocycles. The van der Waals surface area contributed by atoms with E-state index in [2.05, 4.69) is 9.88 Å².